The lowest BCUT2D eigenvalue weighted by atomic mass is 10.1. The van der Waals surface area contributed by atoms with Crippen LogP contribution >= 0.6 is 0 Å². The molecule has 1 aromatic carbocycles. The van der Waals surface area contributed by atoms with Crippen LogP contribution in [0, 0.1) is 0 Å². The first kappa shape index (κ1) is 21.0. The monoisotopic (exact) mass is 415 g/mol. The van der Waals surface area contributed by atoms with Crippen molar-refractivity contribution in [2.45, 2.75) is 50.0 Å². The number of benzene rings is 1. The first-order valence-corrected chi connectivity index (χ1v) is 11.4. The van der Waals surface area contributed by atoms with E-state index in [1.54, 1.807) is 24.4 Å². The third-order valence-corrected chi connectivity index (χ3v) is 6.62. The highest BCUT2D eigenvalue weighted by Gasteiger charge is 2.19. The fourth-order valence-electron chi connectivity index (χ4n) is 3.22. The van der Waals surface area contributed by atoms with Gasteiger partial charge in [-0.2, -0.15) is 0 Å². The Kier molecular flexibility index (Phi) is 6.98. The largest absolute Gasteiger partial charge is 0.350 e. The summed E-state index contributed by atoms with van der Waals surface area (Å²) in [5, 5.41) is 5.59. The third kappa shape index (κ3) is 6.12. The Morgan fingerprint density at radius 3 is 2.79 bits per heavy atom. The molecule has 1 aliphatic heterocycles. The van der Waals surface area contributed by atoms with Gasteiger partial charge in [0.25, 0.3) is 0 Å². The van der Waals surface area contributed by atoms with E-state index in [-0.39, 0.29) is 28.9 Å². The van der Waals surface area contributed by atoms with Crippen molar-refractivity contribution in [1.29, 1.82) is 0 Å². The van der Waals surface area contributed by atoms with Crippen LogP contribution in [0.2, 0.25) is 0 Å². The van der Waals surface area contributed by atoms with Crippen LogP contribution in [0.15, 0.2) is 47.5 Å². The Balaban J connectivity index is 1.47. The number of unbranched alkanes of at least 4 members (excludes halogenated alkanes) is 1. The highest BCUT2D eigenvalue weighted by atomic mass is 32.2. The van der Waals surface area contributed by atoms with Crippen LogP contribution in [-0.4, -0.2) is 31.0 Å². The second-order valence-electron chi connectivity index (χ2n) is 7.09. The number of nitrogens with zero attached hydrogens (tertiary/aromatic N) is 1. The fraction of sp³-hybridized carbons (Fsp3) is 0.381. The second kappa shape index (κ2) is 9.65. The molecule has 1 aliphatic rings. The number of nitrogens with one attached hydrogen (secondary N) is 2. The average molecular weight is 416 g/mol. The maximum Gasteiger partial charge on any atom is 0.224 e. The average Bonchev–Trinajstić information content (AvgIpc) is 2.90. The molecule has 0 atom stereocenters. The van der Waals surface area contributed by atoms with Crippen molar-refractivity contribution in [2.75, 3.05) is 11.1 Å². The topological polar surface area (TPSA) is 105 Å². The van der Waals surface area contributed by atoms with Crippen molar-refractivity contribution in [3.8, 4) is 0 Å². The molecular weight excluding hydrogens is 390 g/mol. The number of carbonyl (C=O) groups is 2. The molecule has 0 saturated heterocycles. The van der Waals surface area contributed by atoms with Crippen LogP contribution in [-0.2, 0) is 32.4 Å². The first-order chi connectivity index (χ1) is 13.9. The molecule has 2 aromatic rings. The number of sulfone groups is 1. The number of aryl methyl sites for hydroxylation is 1. The lowest BCUT2D eigenvalue weighted by Gasteiger charge is -2.10. The number of pyridine rings is 1. The zero-order valence-corrected chi connectivity index (χ0v) is 17.0. The third-order valence-electron chi connectivity index (χ3n) is 4.82. The quantitative estimate of drug-likeness (QED) is 0.645. The molecule has 1 aromatic heterocycles. The molecule has 2 N–H and O–H groups in total. The van der Waals surface area contributed by atoms with Crippen LogP contribution in [0.5, 0.6) is 0 Å². The van der Waals surface area contributed by atoms with Gasteiger partial charge in [-0.1, -0.05) is 6.07 Å². The molecule has 0 bridgehead atoms. The maximum absolute atomic E-state index is 12.6. The number of hydrogen-bond donors (Lipinski definition) is 2. The molecule has 0 unspecified atom stereocenters. The van der Waals surface area contributed by atoms with E-state index in [9.17, 15) is 18.0 Å². The van der Waals surface area contributed by atoms with Crippen molar-refractivity contribution in [3.05, 3.63) is 53.9 Å². The molecule has 0 radical (unpaired) electrons. The van der Waals surface area contributed by atoms with Crippen molar-refractivity contribution < 1.29 is 18.0 Å². The minimum atomic E-state index is -3.43. The van der Waals surface area contributed by atoms with Crippen LogP contribution in [0.25, 0.3) is 0 Å². The minimum absolute atomic E-state index is 0.00827. The molecule has 8 heteroatoms. The van der Waals surface area contributed by atoms with Gasteiger partial charge in [-0.05, 0) is 61.6 Å². The van der Waals surface area contributed by atoms with Crippen molar-refractivity contribution in [2.24, 2.45) is 0 Å². The SMILES string of the molecule is O=C(CCCCS(=O)(=O)c1ccc2c(c1)CCCC(=O)N2)NCc1ccccn1. The van der Waals surface area contributed by atoms with E-state index in [2.05, 4.69) is 15.6 Å². The Bertz CT molecular complexity index is 975. The number of carbonyl (C=O) groups excluding carboxylic acids is 2. The molecule has 2 heterocycles. The number of fused-ring (bicyclic) bond motifs is 1. The molecule has 7 nitrogen and oxygen atoms in total. The van der Waals surface area contributed by atoms with Gasteiger partial charge in [-0.25, -0.2) is 8.42 Å². The summed E-state index contributed by atoms with van der Waals surface area (Å²) in [7, 11) is -3.43. The van der Waals surface area contributed by atoms with E-state index in [4.69, 9.17) is 0 Å². The van der Waals surface area contributed by atoms with Crippen molar-refractivity contribution >= 4 is 27.3 Å². The lowest BCUT2D eigenvalue weighted by molar-refractivity contribution is -0.121. The minimum Gasteiger partial charge on any atom is -0.350 e. The Morgan fingerprint density at radius 2 is 2.00 bits per heavy atom. The van der Waals surface area contributed by atoms with E-state index in [1.807, 2.05) is 18.2 Å². The van der Waals surface area contributed by atoms with Crippen molar-refractivity contribution in [3.63, 3.8) is 0 Å². The van der Waals surface area contributed by atoms with Gasteiger partial charge in [0.2, 0.25) is 11.8 Å². The summed E-state index contributed by atoms with van der Waals surface area (Å²) < 4.78 is 25.3. The van der Waals surface area contributed by atoms with E-state index in [1.165, 1.54) is 0 Å². The molecule has 0 aliphatic carbocycles. The smallest absolute Gasteiger partial charge is 0.224 e. The van der Waals surface area contributed by atoms with Crippen molar-refractivity contribution in [1.82, 2.24) is 10.3 Å². The molecule has 0 spiro atoms. The lowest BCUT2D eigenvalue weighted by Crippen LogP contribution is -2.23. The number of anilines is 1. The summed E-state index contributed by atoms with van der Waals surface area (Å²) in [5.74, 6) is -0.166. The van der Waals surface area contributed by atoms with Gasteiger partial charge in [-0.3, -0.25) is 14.6 Å². The molecule has 0 saturated carbocycles. The fourth-order valence-corrected chi connectivity index (χ4v) is 4.64. The van der Waals surface area contributed by atoms with E-state index >= 15 is 0 Å². The molecular formula is C21H25N3O4S. The molecule has 154 valence electrons. The van der Waals surface area contributed by atoms with Crippen LogP contribution < -0.4 is 10.6 Å². The number of hydrogen-bond acceptors (Lipinski definition) is 5. The van der Waals surface area contributed by atoms with Crippen LogP contribution in [0.4, 0.5) is 5.69 Å². The number of aromatic nitrogens is 1. The predicted molar refractivity (Wildman–Crippen MR) is 110 cm³/mol. The summed E-state index contributed by atoms with van der Waals surface area (Å²) >= 11 is 0. The van der Waals surface area contributed by atoms with Gasteiger partial charge in [0.15, 0.2) is 9.84 Å². The number of amides is 2. The van der Waals surface area contributed by atoms with Crippen LogP contribution in [0.1, 0.15) is 43.4 Å². The van der Waals surface area contributed by atoms with E-state index < -0.39 is 9.84 Å². The molecule has 29 heavy (non-hydrogen) atoms. The zero-order valence-electron chi connectivity index (χ0n) is 16.2. The normalized spacial score (nSPS) is 13.9. The highest BCUT2D eigenvalue weighted by Crippen LogP contribution is 2.26. The van der Waals surface area contributed by atoms with Gasteiger partial charge in [0.05, 0.1) is 22.9 Å². The first-order valence-electron chi connectivity index (χ1n) is 9.76. The van der Waals surface area contributed by atoms with Gasteiger partial charge in [-0.15, -0.1) is 0 Å². The zero-order chi connectivity index (χ0) is 20.7. The standard InChI is InChI=1S/C21H25N3O4S/c25-20(23-15-17-7-1-3-12-22-17)8-2-4-13-29(27,28)18-10-11-19-16(14-18)6-5-9-21(26)24-19/h1,3,7,10-12,14H,2,4-6,8-9,13,15H2,(H,23,25)(H,24,26). The summed E-state index contributed by atoms with van der Waals surface area (Å²) in [6.07, 6.45) is 4.67. The summed E-state index contributed by atoms with van der Waals surface area (Å²) in [4.78, 5) is 27.9. The molecule has 0 fully saturated rings. The van der Waals surface area contributed by atoms with E-state index in [0.29, 0.717) is 44.3 Å². The van der Waals surface area contributed by atoms with E-state index in [0.717, 1.165) is 11.3 Å². The van der Waals surface area contributed by atoms with Crippen LogP contribution in [0.3, 0.4) is 0 Å². The summed E-state index contributed by atoms with van der Waals surface area (Å²) in [5.41, 5.74) is 2.32. The van der Waals surface area contributed by atoms with Gasteiger partial charge >= 0.3 is 0 Å². The summed E-state index contributed by atoms with van der Waals surface area (Å²) in [6.45, 7) is 0.365. The second-order valence-corrected chi connectivity index (χ2v) is 9.20. The van der Waals surface area contributed by atoms with Gasteiger partial charge < -0.3 is 10.6 Å². The Labute approximate surface area is 170 Å². The molecule has 2 amide bonds. The Hall–Kier alpha value is -2.74. The van der Waals surface area contributed by atoms with Gasteiger partial charge in [0, 0.05) is 24.7 Å². The highest BCUT2D eigenvalue weighted by molar-refractivity contribution is 7.91. The maximum atomic E-state index is 12.6. The molecule has 3 rings (SSSR count). The predicted octanol–water partition coefficient (Wildman–Crippen LogP) is 2.62. The Morgan fingerprint density at radius 1 is 1.14 bits per heavy atom. The summed E-state index contributed by atoms with van der Waals surface area (Å²) in [6, 6.07) is 10.4. The number of rotatable bonds is 8. The van der Waals surface area contributed by atoms with Gasteiger partial charge in [0.1, 0.15) is 0 Å².